The Morgan fingerprint density at radius 2 is 1.84 bits per heavy atom. The molecule has 5 atom stereocenters. The summed E-state index contributed by atoms with van der Waals surface area (Å²) in [5.41, 5.74) is -3.33. The number of benzene rings is 2. The Labute approximate surface area is 219 Å². The van der Waals surface area contributed by atoms with E-state index in [2.05, 4.69) is 17.2 Å². The fourth-order valence-electron chi connectivity index (χ4n) is 7.29. The minimum absolute atomic E-state index is 0.304. The van der Waals surface area contributed by atoms with Crippen molar-refractivity contribution in [1.82, 2.24) is 0 Å². The van der Waals surface area contributed by atoms with Crippen molar-refractivity contribution in [1.29, 1.82) is 5.26 Å². The number of rotatable bonds is 4. The van der Waals surface area contributed by atoms with Gasteiger partial charge in [0.1, 0.15) is 11.8 Å². The number of nitrogens with zero attached hydrogens (tertiary/aromatic N) is 1. The molecule has 2 saturated carbocycles. The molecule has 0 aliphatic heterocycles. The van der Waals surface area contributed by atoms with Crippen LogP contribution < -0.4 is 4.18 Å². The van der Waals surface area contributed by atoms with E-state index in [9.17, 15) is 32.0 Å². The molecule has 2 aromatic carbocycles. The number of nitriles is 1. The molecule has 0 aromatic heterocycles. The van der Waals surface area contributed by atoms with Gasteiger partial charge in [-0.2, -0.15) is 26.9 Å². The molecule has 3 aliphatic carbocycles. The van der Waals surface area contributed by atoms with E-state index in [0.29, 0.717) is 46.7 Å². The molecule has 3 unspecified atom stereocenters. The van der Waals surface area contributed by atoms with Crippen LogP contribution in [0.15, 0.2) is 36.4 Å². The molecule has 3 aliphatic rings. The van der Waals surface area contributed by atoms with E-state index in [4.69, 9.17) is 11.6 Å². The van der Waals surface area contributed by atoms with Gasteiger partial charge in [0, 0.05) is 6.42 Å². The number of hydrogen-bond acceptors (Lipinski definition) is 5. The van der Waals surface area contributed by atoms with Crippen molar-refractivity contribution in [2.45, 2.75) is 68.9 Å². The summed E-state index contributed by atoms with van der Waals surface area (Å²) in [6.45, 7) is 2.15. The summed E-state index contributed by atoms with van der Waals surface area (Å²) in [6, 6.07) is 11.4. The maximum atomic E-state index is 12.6. The Hall–Kier alpha value is -2.28. The van der Waals surface area contributed by atoms with Crippen LogP contribution in [-0.4, -0.2) is 24.6 Å². The molecular weight excluding hydrogens is 527 g/mol. The Bertz CT molecular complexity index is 1370. The third-order valence-corrected chi connectivity index (χ3v) is 10.6. The molecule has 2 fully saturated rings. The van der Waals surface area contributed by atoms with Gasteiger partial charge in [0.2, 0.25) is 0 Å². The molecule has 37 heavy (non-hydrogen) atoms. The second-order valence-electron chi connectivity index (χ2n) is 10.9. The molecule has 2 aromatic rings. The van der Waals surface area contributed by atoms with Gasteiger partial charge in [-0.25, -0.2) is 0 Å². The third-order valence-electron chi connectivity index (χ3n) is 9.20. The molecule has 198 valence electrons. The van der Waals surface area contributed by atoms with Gasteiger partial charge in [0.25, 0.3) is 0 Å². The largest absolute Gasteiger partial charge is 0.534 e. The van der Waals surface area contributed by atoms with E-state index in [1.807, 2.05) is 6.07 Å². The second kappa shape index (κ2) is 8.89. The van der Waals surface area contributed by atoms with Crippen molar-refractivity contribution in [2.24, 2.45) is 17.3 Å². The molecule has 0 bridgehead atoms. The SMILES string of the molecule is C[C@]12CCC3c4ccc(C#N)c(Cl)c4CCC3C1CC[C@@]2(O)Cc1ccc(OS(=O)(=O)C(F)(F)F)cc1. The molecule has 5 nitrogen and oxygen atoms in total. The minimum atomic E-state index is -5.74. The summed E-state index contributed by atoms with van der Waals surface area (Å²) < 4.78 is 64.6. The number of fused-ring (bicyclic) bond motifs is 5. The van der Waals surface area contributed by atoms with E-state index in [-0.39, 0.29) is 5.41 Å². The topological polar surface area (TPSA) is 87.4 Å². The van der Waals surface area contributed by atoms with Crippen molar-refractivity contribution >= 4 is 21.7 Å². The zero-order chi connectivity index (χ0) is 26.8. The van der Waals surface area contributed by atoms with Gasteiger partial charge in [-0.05, 0) is 96.6 Å². The standard InChI is InChI=1S/C27H27ClF3NO4S/c1-25-12-10-20-19-7-4-17(15-32)24(28)22(19)9-8-21(20)23(25)11-13-26(25,33)14-16-2-5-18(6-3-16)36-37(34,35)27(29,30)31/h2-7,20-21,23,33H,8-14H2,1H3/t20?,21?,23?,25-,26+/m0/s1. The lowest BCUT2D eigenvalue weighted by Gasteiger charge is -2.53. The van der Waals surface area contributed by atoms with E-state index in [1.165, 1.54) is 29.8 Å². The van der Waals surface area contributed by atoms with E-state index < -0.39 is 27.0 Å². The fraction of sp³-hybridized carbons (Fsp3) is 0.519. The van der Waals surface area contributed by atoms with Crippen molar-refractivity contribution in [3.8, 4) is 11.8 Å². The first kappa shape index (κ1) is 26.3. The highest BCUT2D eigenvalue weighted by molar-refractivity contribution is 7.88. The Morgan fingerprint density at radius 3 is 2.49 bits per heavy atom. The Morgan fingerprint density at radius 1 is 1.14 bits per heavy atom. The van der Waals surface area contributed by atoms with Crippen LogP contribution in [0.3, 0.4) is 0 Å². The molecular formula is C27H27ClF3NO4S. The first-order valence-corrected chi connectivity index (χ1v) is 14.1. The van der Waals surface area contributed by atoms with Crippen molar-refractivity contribution in [3.05, 3.63) is 63.7 Å². The number of alkyl halides is 3. The molecule has 0 radical (unpaired) electrons. The zero-order valence-electron chi connectivity index (χ0n) is 20.2. The molecule has 1 N–H and O–H groups in total. The molecule has 5 rings (SSSR count). The average Bonchev–Trinajstić information content (AvgIpc) is 3.10. The van der Waals surface area contributed by atoms with E-state index in [0.717, 1.165) is 37.7 Å². The van der Waals surface area contributed by atoms with Gasteiger partial charge in [-0.3, -0.25) is 0 Å². The summed E-state index contributed by atoms with van der Waals surface area (Å²) in [5, 5.41) is 21.8. The Balaban J connectivity index is 1.35. The lowest BCUT2D eigenvalue weighted by atomic mass is 9.52. The van der Waals surface area contributed by atoms with Crippen molar-refractivity contribution < 1.29 is 30.9 Å². The van der Waals surface area contributed by atoms with E-state index in [1.54, 1.807) is 6.07 Å². The average molecular weight is 554 g/mol. The van der Waals surface area contributed by atoms with Crippen LogP contribution >= 0.6 is 11.6 Å². The lowest BCUT2D eigenvalue weighted by molar-refractivity contribution is -0.102. The summed E-state index contributed by atoms with van der Waals surface area (Å²) in [7, 11) is -5.74. The smallest absolute Gasteiger partial charge is 0.389 e. The summed E-state index contributed by atoms with van der Waals surface area (Å²) in [4.78, 5) is 0. The van der Waals surface area contributed by atoms with Gasteiger partial charge in [-0.1, -0.05) is 36.7 Å². The highest BCUT2D eigenvalue weighted by Crippen LogP contribution is 2.65. The Kier molecular flexibility index (Phi) is 6.33. The van der Waals surface area contributed by atoms with E-state index >= 15 is 0 Å². The second-order valence-corrected chi connectivity index (χ2v) is 12.8. The first-order valence-electron chi connectivity index (χ1n) is 12.3. The van der Waals surface area contributed by atoms with Crippen LogP contribution in [0.5, 0.6) is 5.75 Å². The van der Waals surface area contributed by atoms with Crippen LogP contribution in [0.2, 0.25) is 5.02 Å². The van der Waals surface area contributed by atoms with Crippen LogP contribution in [-0.2, 0) is 23.0 Å². The molecule has 10 heteroatoms. The van der Waals surface area contributed by atoms with Gasteiger partial charge in [0.05, 0.1) is 16.2 Å². The number of halogens is 4. The number of hydrogen-bond donors (Lipinski definition) is 1. The normalized spacial score (nSPS) is 31.1. The molecule has 0 amide bonds. The predicted molar refractivity (Wildman–Crippen MR) is 131 cm³/mol. The fourth-order valence-corrected chi connectivity index (χ4v) is 8.05. The van der Waals surface area contributed by atoms with Gasteiger partial charge < -0.3 is 9.29 Å². The third kappa shape index (κ3) is 4.21. The van der Waals surface area contributed by atoms with Crippen LogP contribution in [0.25, 0.3) is 0 Å². The summed E-state index contributed by atoms with van der Waals surface area (Å²) in [6.07, 6.45) is 5.27. The zero-order valence-corrected chi connectivity index (χ0v) is 21.8. The van der Waals surface area contributed by atoms with Gasteiger partial charge >= 0.3 is 15.6 Å². The maximum absolute atomic E-state index is 12.6. The molecule has 0 heterocycles. The van der Waals surface area contributed by atoms with Crippen molar-refractivity contribution in [3.63, 3.8) is 0 Å². The molecule has 0 spiro atoms. The van der Waals surface area contributed by atoms with Crippen LogP contribution in [0, 0.1) is 28.6 Å². The first-order chi connectivity index (χ1) is 17.3. The quantitative estimate of drug-likeness (QED) is 0.356. The van der Waals surface area contributed by atoms with Gasteiger partial charge in [0.15, 0.2) is 0 Å². The number of aliphatic hydroxyl groups is 1. The summed E-state index contributed by atoms with van der Waals surface area (Å²) in [5.74, 6) is 0.607. The lowest BCUT2D eigenvalue weighted by Crippen LogP contribution is -2.51. The minimum Gasteiger partial charge on any atom is -0.389 e. The molecule has 0 saturated heterocycles. The van der Waals surface area contributed by atoms with Gasteiger partial charge in [-0.15, -0.1) is 0 Å². The summed E-state index contributed by atoms with van der Waals surface area (Å²) >= 11 is 6.54. The van der Waals surface area contributed by atoms with Crippen molar-refractivity contribution in [2.75, 3.05) is 0 Å². The highest BCUT2D eigenvalue weighted by Gasteiger charge is 2.61. The maximum Gasteiger partial charge on any atom is 0.534 e. The van der Waals surface area contributed by atoms with Crippen LogP contribution in [0.1, 0.15) is 67.2 Å². The predicted octanol–water partition coefficient (Wildman–Crippen LogP) is 6.27. The van der Waals surface area contributed by atoms with Crippen LogP contribution in [0.4, 0.5) is 13.2 Å². The monoisotopic (exact) mass is 553 g/mol. The highest BCUT2D eigenvalue weighted by atomic mass is 35.5.